The Morgan fingerprint density at radius 3 is 2.53 bits per heavy atom. The van der Waals surface area contributed by atoms with Crippen molar-refractivity contribution < 1.29 is 4.39 Å². The SMILES string of the molecule is CNc1ncnc(Sc2ccc(F)cc2)c1C. The summed E-state index contributed by atoms with van der Waals surface area (Å²) in [7, 11) is 1.82. The molecule has 0 atom stereocenters. The summed E-state index contributed by atoms with van der Waals surface area (Å²) in [5, 5.41) is 3.88. The van der Waals surface area contributed by atoms with Crippen molar-refractivity contribution in [2.45, 2.75) is 16.8 Å². The van der Waals surface area contributed by atoms with Gasteiger partial charge in [-0.2, -0.15) is 0 Å². The van der Waals surface area contributed by atoms with E-state index in [0.717, 1.165) is 21.3 Å². The summed E-state index contributed by atoms with van der Waals surface area (Å²) in [6, 6.07) is 6.36. The van der Waals surface area contributed by atoms with Crippen molar-refractivity contribution in [2.75, 3.05) is 12.4 Å². The standard InChI is InChI=1S/C12H12FN3S/c1-8-11(14-2)15-7-16-12(8)17-10-5-3-9(13)4-6-10/h3-7H,1-2H3,(H,14,15,16). The molecule has 0 bridgehead atoms. The van der Waals surface area contributed by atoms with E-state index in [2.05, 4.69) is 15.3 Å². The van der Waals surface area contributed by atoms with E-state index >= 15 is 0 Å². The van der Waals surface area contributed by atoms with Gasteiger partial charge in [-0.05, 0) is 31.2 Å². The Balaban J connectivity index is 2.27. The van der Waals surface area contributed by atoms with Gasteiger partial charge in [-0.25, -0.2) is 14.4 Å². The summed E-state index contributed by atoms with van der Waals surface area (Å²) in [4.78, 5) is 9.29. The first kappa shape index (κ1) is 11.9. The number of aromatic nitrogens is 2. The number of nitrogens with one attached hydrogen (secondary N) is 1. The number of halogens is 1. The fourth-order valence-electron chi connectivity index (χ4n) is 1.40. The summed E-state index contributed by atoms with van der Waals surface area (Å²) in [6.07, 6.45) is 1.52. The van der Waals surface area contributed by atoms with Crippen LogP contribution in [0.4, 0.5) is 10.2 Å². The van der Waals surface area contributed by atoms with Gasteiger partial charge < -0.3 is 5.32 Å². The van der Waals surface area contributed by atoms with E-state index in [4.69, 9.17) is 0 Å². The van der Waals surface area contributed by atoms with Gasteiger partial charge in [0, 0.05) is 17.5 Å². The molecule has 0 fully saturated rings. The minimum Gasteiger partial charge on any atom is -0.373 e. The van der Waals surface area contributed by atoms with E-state index in [1.807, 2.05) is 14.0 Å². The van der Waals surface area contributed by atoms with Crippen molar-refractivity contribution >= 4 is 17.6 Å². The number of hydrogen-bond acceptors (Lipinski definition) is 4. The number of anilines is 1. The van der Waals surface area contributed by atoms with Gasteiger partial charge in [-0.1, -0.05) is 11.8 Å². The fourth-order valence-corrected chi connectivity index (χ4v) is 2.25. The third-order valence-corrected chi connectivity index (χ3v) is 3.42. The predicted octanol–water partition coefficient (Wildman–Crippen LogP) is 3.12. The summed E-state index contributed by atoms with van der Waals surface area (Å²) in [5.41, 5.74) is 0.990. The average molecular weight is 249 g/mol. The molecule has 0 aliphatic rings. The van der Waals surface area contributed by atoms with E-state index in [9.17, 15) is 4.39 Å². The third kappa shape index (κ3) is 2.74. The molecular formula is C12H12FN3S. The Bertz CT molecular complexity index is 514. The molecule has 0 spiro atoms. The topological polar surface area (TPSA) is 37.8 Å². The highest BCUT2D eigenvalue weighted by Gasteiger charge is 2.07. The van der Waals surface area contributed by atoms with Gasteiger partial charge in [0.25, 0.3) is 0 Å². The summed E-state index contributed by atoms with van der Waals surface area (Å²) in [5.74, 6) is 0.578. The maximum Gasteiger partial charge on any atom is 0.133 e. The van der Waals surface area contributed by atoms with Crippen LogP contribution in [0, 0.1) is 12.7 Å². The Morgan fingerprint density at radius 1 is 1.18 bits per heavy atom. The molecule has 0 amide bonds. The molecule has 3 nitrogen and oxygen atoms in total. The molecule has 5 heteroatoms. The summed E-state index contributed by atoms with van der Waals surface area (Å²) >= 11 is 1.49. The zero-order chi connectivity index (χ0) is 12.3. The molecule has 2 rings (SSSR count). The second-order valence-electron chi connectivity index (χ2n) is 3.46. The smallest absolute Gasteiger partial charge is 0.133 e. The predicted molar refractivity (Wildman–Crippen MR) is 66.8 cm³/mol. The quantitative estimate of drug-likeness (QED) is 0.848. The van der Waals surface area contributed by atoms with E-state index < -0.39 is 0 Å². The number of hydrogen-bond donors (Lipinski definition) is 1. The highest BCUT2D eigenvalue weighted by molar-refractivity contribution is 7.99. The Morgan fingerprint density at radius 2 is 1.88 bits per heavy atom. The molecule has 0 aliphatic heterocycles. The largest absolute Gasteiger partial charge is 0.373 e. The molecule has 1 heterocycles. The second-order valence-corrected chi connectivity index (χ2v) is 4.52. The number of benzene rings is 1. The highest BCUT2D eigenvalue weighted by atomic mass is 32.2. The molecule has 0 aliphatic carbocycles. The lowest BCUT2D eigenvalue weighted by molar-refractivity contribution is 0.626. The number of rotatable bonds is 3. The van der Waals surface area contributed by atoms with E-state index in [1.54, 1.807) is 12.1 Å². The average Bonchev–Trinajstić information content (AvgIpc) is 2.35. The summed E-state index contributed by atoms with van der Waals surface area (Å²) < 4.78 is 12.8. The van der Waals surface area contributed by atoms with Crippen LogP contribution in [0.25, 0.3) is 0 Å². The van der Waals surface area contributed by atoms with Gasteiger partial charge in [0.2, 0.25) is 0 Å². The van der Waals surface area contributed by atoms with Crippen LogP contribution in [0.1, 0.15) is 5.56 Å². The molecule has 1 aromatic carbocycles. The molecular weight excluding hydrogens is 237 g/mol. The van der Waals surface area contributed by atoms with Crippen LogP contribution >= 0.6 is 11.8 Å². The van der Waals surface area contributed by atoms with E-state index in [0.29, 0.717) is 0 Å². The van der Waals surface area contributed by atoms with Gasteiger partial charge >= 0.3 is 0 Å². The second kappa shape index (κ2) is 5.14. The van der Waals surface area contributed by atoms with Crippen molar-refractivity contribution in [3.63, 3.8) is 0 Å². The van der Waals surface area contributed by atoms with Crippen LogP contribution in [-0.2, 0) is 0 Å². The van der Waals surface area contributed by atoms with Crippen molar-refractivity contribution in [1.29, 1.82) is 0 Å². The molecule has 1 aromatic heterocycles. The highest BCUT2D eigenvalue weighted by Crippen LogP contribution is 2.30. The first-order chi connectivity index (χ1) is 8.20. The van der Waals surface area contributed by atoms with E-state index in [-0.39, 0.29) is 5.82 Å². The molecule has 0 unspecified atom stereocenters. The zero-order valence-corrected chi connectivity index (χ0v) is 10.4. The van der Waals surface area contributed by atoms with Crippen LogP contribution in [0.5, 0.6) is 0 Å². The van der Waals surface area contributed by atoms with Gasteiger partial charge in [0.15, 0.2) is 0 Å². The molecule has 2 aromatic rings. The molecule has 0 saturated heterocycles. The lowest BCUT2D eigenvalue weighted by Gasteiger charge is -2.08. The first-order valence-electron chi connectivity index (χ1n) is 5.13. The maximum absolute atomic E-state index is 12.8. The van der Waals surface area contributed by atoms with Gasteiger partial charge in [-0.3, -0.25) is 0 Å². The van der Waals surface area contributed by atoms with Crippen LogP contribution in [0.15, 0.2) is 40.5 Å². The molecule has 88 valence electrons. The minimum absolute atomic E-state index is 0.232. The normalized spacial score (nSPS) is 10.3. The van der Waals surface area contributed by atoms with Gasteiger partial charge in [0.05, 0.1) is 0 Å². The van der Waals surface area contributed by atoms with Crippen LogP contribution in [-0.4, -0.2) is 17.0 Å². The van der Waals surface area contributed by atoms with Crippen LogP contribution in [0.2, 0.25) is 0 Å². The monoisotopic (exact) mass is 249 g/mol. The Labute approximate surface area is 103 Å². The molecule has 0 radical (unpaired) electrons. The van der Waals surface area contributed by atoms with E-state index in [1.165, 1.54) is 30.2 Å². The maximum atomic E-state index is 12.8. The van der Waals surface area contributed by atoms with Crippen molar-refractivity contribution in [2.24, 2.45) is 0 Å². The Hall–Kier alpha value is -1.62. The first-order valence-corrected chi connectivity index (χ1v) is 5.95. The number of nitrogens with zero attached hydrogens (tertiary/aromatic N) is 2. The van der Waals surface area contributed by atoms with Crippen molar-refractivity contribution in [1.82, 2.24) is 9.97 Å². The molecule has 1 N–H and O–H groups in total. The van der Waals surface area contributed by atoms with Crippen LogP contribution in [0.3, 0.4) is 0 Å². The zero-order valence-electron chi connectivity index (χ0n) is 9.57. The Kier molecular flexibility index (Phi) is 3.58. The van der Waals surface area contributed by atoms with Gasteiger partial charge in [-0.15, -0.1) is 0 Å². The molecule has 17 heavy (non-hydrogen) atoms. The summed E-state index contributed by atoms with van der Waals surface area (Å²) in [6.45, 7) is 1.96. The lowest BCUT2D eigenvalue weighted by Crippen LogP contribution is -1.98. The van der Waals surface area contributed by atoms with Crippen molar-refractivity contribution in [3.05, 3.63) is 42.0 Å². The third-order valence-electron chi connectivity index (χ3n) is 2.30. The minimum atomic E-state index is -0.232. The fraction of sp³-hybridized carbons (Fsp3) is 0.167. The van der Waals surface area contributed by atoms with Crippen molar-refractivity contribution in [3.8, 4) is 0 Å². The van der Waals surface area contributed by atoms with Gasteiger partial charge in [0.1, 0.15) is 23.0 Å². The lowest BCUT2D eigenvalue weighted by atomic mass is 10.3. The molecule has 0 saturated carbocycles. The van der Waals surface area contributed by atoms with Crippen LogP contribution < -0.4 is 5.32 Å².